The highest BCUT2D eigenvalue weighted by Gasteiger charge is 2.57. The van der Waals surface area contributed by atoms with Gasteiger partial charge in [-0.25, -0.2) is 8.78 Å². The lowest BCUT2D eigenvalue weighted by Crippen LogP contribution is -2.38. The van der Waals surface area contributed by atoms with Crippen molar-refractivity contribution in [3.8, 4) is 0 Å². The molecule has 0 radical (unpaired) electrons. The lowest BCUT2D eigenvalue weighted by atomic mass is 9.73. The molecule has 1 N–H and O–H groups in total. The number of carbonyl (C=O) groups excluding carboxylic acids is 1. The van der Waals surface area contributed by atoms with Gasteiger partial charge in [0.2, 0.25) is 0 Å². The molecule has 0 aromatic heterocycles. The maximum atomic E-state index is 14.1. The summed E-state index contributed by atoms with van der Waals surface area (Å²) >= 11 is 6.12. The van der Waals surface area contributed by atoms with E-state index >= 15 is 0 Å². The minimum absolute atomic E-state index is 0.206. The summed E-state index contributed by atoms with van der Waals surface area (Å²) in [6.45, 7) is 0. The predicted octanol–water partition coefficient (Wildman–Crippen LogP) is 7.28. The van der Waals surface area contributed by atoms with Crippen molar-refractivity contribution in [2.75, 3.05) is 0 Å². The van der Waals surface area contributed by atoms with Crippen LogP contribution in [-0.4, -0.2) is 10.9 Å². The second-order valence-electron chi connectivity index (χ2n) is 9.08. The van der Waals surface area contributed by atoms with Gasteiger partial charge < -0.3 is 5.11 Å². The van der Waals surface area contributed by atoms with E-state index in [4.69, 9.17) is 11.6 Å². The lowest BCUT2D eigenvalue weighted by Gasteiger charge is -2.33. The van der Waals surface area contributed by atoms with E-state index in [0.717, 1.165) is 11.1 Å². The van der Waals surface area contributed by atoms with Crippen molar-refractivity contribution in [2.45, 2.75) is 23.9 Å². The molecule has 0 amide bonds. The van der Waals surface area contributed by atoms with Gasteiger partial charge in [0.15, 0.2) is 5.78 Å². The van der Waals surface area contributed by atoms with Crippen molar-refractivity contribution < 1.29 is 18.7 Å². The van der Waals surface area contributed by atoms with E-state index in [2.05, 4.69) is 0 Å². The fourth-order valence-corrected chi connectivity index (χ4v) is 5.59. The highest BCUT2D eigenvalue weighted by Crippen LogP contribution is 2.59. The van der Waals surface area contributed by atoms with Crippen molar-refractivity contribution in [3.05, 3.63) is 142 Å². The number of Topliss-reactive ketones (excluding diaryl/α,β-unsaturated/α-hetero) is 1. The van der Waals surface area contributed by atoms with Crippen molar-refractivity contribution in [1.29, 1.82) is 0 Å². The molecule has 0 saturated heterocycles. The molecule has 4 atom stereocenters. The molecule has 4 aromatic carbocycles. The van der Waals surface area contributed by atoms with Crippen molar-refractivity contribution >= 4 is 17.4 Å². The Bertz CT molecular complexity index is 1320. The van der Waals surface area contributed by atoms with Crippen LogP contribution in [0.5, 0.6) is 0 Å². The van der Waals surface area contributed by atoms with Gasteiger partial charge in [0.25, 0.3) is 0 Å². The molecule has 0 aliphatic heterocycles. The maximum Gasteiger partial charge on any atom is 0.169 e. The van der Waals surface area contributed by atoms with Gasteiger partial charge in [-0.3, -0.25) is 4.79 Å². The van der Waals surface area contributed by atoms with E-state index in [1.165, 1.54) is 24.3 Å². The Morgan fingerprint density at radius 1 is 0.771 bits per heavy atom. The number of rotatable bonds is 5. The van der Waals surface area contributed by atoms with E-state index in [-0.39, 0.29) is 29.8 Å². The smallest absolute Gasteiger partial charge is 0.169 e. The second-order valence-corrected chi connectivity index (χ2v) is 9.52. The van der Waals surface area contributed by atoms with Crippen molar-refractivity contribution in [3.63, 3.8) is 0 Å². The number of aliphatic hydroxyl groups is 1. The quantitative estimate of drug-likeness (QED) is 0.300. The zero-order chi connectivity index (χ0) is 24.6. The van der Waals surface area contributed by atoms with Gasteiger partial charge in [0, 0.05) is 16.5 Å². The second kappa shape index (κ2) is 9.37. The molecule has 35 heavy (non-hydrogen) atoms. The van der Waals surface area contributed by atoms with E-state index in [1.54, 1.807) is 72.8 Å². The molecule has 0 bridgehead atoms. The zero-order valence-electron chi connectivity index (χ0n) is 18.7. The van der Waals surface area contributed by atoms with Crippen LogP contribution in [0.2, 0.25) is 5.02 Å². The average Bonchev–Trinajstić information content (AvgIpc) is 3.19. The van der Waals surface area contributed by atoms with Gasteiger partial charge in [-0.1, -0.05) is 78.3 Å². The Hall–Kier alpha value is -3.34. The first-order valence-corrected chi connectivity index (χ1v) is 11.8. The number of halogens is 3. The molecule has 1 aliphatic carbocycles. The fourth-order valence-electron chi connectivity index (χ4n) is 5.46. The van der Waals surface area contributed by atoms with Crippen LogP contribution < -0.4 is 0 Å². The van der Waals surface area contributed by atoms with Gasteiger partial charge in [-0.15, -0.1) is 0 Å². The average molecular weight is 489 g/mol. The number of ketones is 1. The van der Waals surface area contributed by atoms with Crippen LogP contribution in [0.25, 0.3) is 0 Å². The zero-order valence-corrected chi connectivity index (χ0v) is 19.5. The molecule has 176 valence electrons. The first kappa shape index (κ1) is 23.4. The highest BCUT2D eigenvalue weighted by atomic mass is 35.5. The van der Waals surface area contributed by atoms with Crippen LogP contribution in [0, 0.1) is 17.6 Å². The van der Waals surface area contributed by atoms with Crippen LogP contribution >= 0.6 is 11.6 Å². The summed E-state index contributed by atoms with van der Waals surface area (Å²) < 4.78 is 27.6. The van der Waals surface area contributed by atoms with Crippen LogP contribution in [0.1, 0.15) is 45.3 Å². The van der Waals surface area contributed by atoms with Gasteiger partial charge in [0.05, 0.1) is 5.92 Å². The van der Waals surface area contributed by atoms with Crippen LogP contribution in [-0.2, 0) is 5.60 Å². The molecule has 0 heterocycles. The monoisotopic (exact) mass is 488 g/mol. The summed E-state index contributed by atoms with van der Waals surface area (Å²) in [5, 5.41) is 12.8. The van der Waals surface area contributed by atoms with E-state index in [0.29, 0.717) is 16.1 Å². The number of benzene rings is 4. The summed E-state index contributed by atoms with van der Waals surface area (Å²) in [6, 6.07) is 27.9. The number of carbonyl (C=O) groups is 1. The third-order valence-corrected chi connectivity index (χ3v) is 7.33. The van der Waals surface area contributed by atoms with Gasteiger partial charge >= 0.3 is 0 Å². The molecular weight excluding hydrogens is 466 g/mol. The van der Waals surface area contributed by atoms with Crippen LogP contribution in [0.15, 0.2) is 103 Å². The highest BCUT2D eigenvalue weighted by molar-refractivity contribution is 6.30. The molecule has 2 nitrogen and oxygen atoms in total. The van der Waals surface area contributed by atoms with E-state index in [9.17, 15) is 18.7 Å². The molecule has 0 unspecified atom stereocenters. The Morgan fingerprint density at radius 3 is 1.89 bits per heavy atom. The molecule has 5 rings (SSSR count). The molecule has 4 aromatic rings. The van der Waals surface area contributed by atoms with Crippen molar-refractivity contribution in [2.24, 2.45) is 5.92 Å². The third kappa shape index (κ3) is 4.40. The van der Waals surface area contributed by atoms with Gasteiger partial charge in [-0.2, -0.15) is 0 Å². The Balaban J connectivity index is 1.73. The normalized spacial score (nSPS) is 23.8. The minimum Gasteiger partial charge on any atom is -0.384 e. The maximum absolute atomic E-state index is 14.1. The number of hydrogen-bond donors (Lipinski definition) is 1. The van der Waals surface area contributed by atoms with Gasteiger partial charge in [0.1, 0.15) is 17.2 Å². The number of hydrogen-bond acceptors (Lipinski definition) is 2. The minimum atomic E-state index is -1.53. The molecule has 1 aliphatic rings. The van der Waals surface area contributed by atoms with Crippen LogP contribution in [0.4, 0.5) is 8.78 Å². The van der Waals surface area contributed by atoms with Crippen molar-refractivity contribution in [1.82, 2.24) is 0 Å². The molecular formula is C30H23ClF2O2. The standard InChI is InChI=1S/C30H23ClF2O2/c31-23-12-10-22(11-13-23)30(35)18-26(19-6-14-24(32)15-7-19)27(20-8-16-25(33)17-9-20)28(30)29(34)21-4-2-1-3-5-21/h1-17,26-28,35H,18H2/t26-,27-,28-,30+/m1/s1. The predicted molar refractivity (Wildman–Crippen MR) is 133 cm³/mol. The molecule has 5 heteroatoms. The fraction of sp³-hybridized carbons (Fsp3) is 0.167. The Morgan fingerprint density at radius 2 is 1.31 bits per heavy atom. The first-order chi connectivity index (χ1) is 16.9. The van der Waals surface area contributed by atoms with E-state index in [1.807, 2.05) is 6.07 Å². The molecule has 1 saturated carbocycles. The Labute approximate surface area is 207 Å². The van der Waals surface area contributed by atoms with Gasteiger partial charge in [-0.05, 0) is 65.4 Å². The summed E-state index contributed by atoms with van der Waals surface area (Å²) in [6.07, 6.45) is 0.228. The largest absolute Gasteiger partial charge is 0.384 e. The molecule has 0 spiro atoms. The Kier molecular flexibility index (Phi) is 6.26. The first-order valence-electron chi connectivity index (χ1n) is 11.5. The summed E-state index contributed by atoms with van der Waals surface area (Å²) in [4.78, 5) is 14.1. The third-order valence-electron chi connectivity index (χ3n) is 7.08. The summed E-state index contributed by atoms with van der Waals surface area (Å²) in [7, 11) is 0. The molecule has 1 fully saturated rings. The summed E-state index contributed by atoms with van der Waals surface area (Å²) in [5.74, 6) is -2.62. The SMILES string of the molecule is O=C(c1ccccc1)[C@H]1[C@H](c2ccc(F)cc2)[C@@H](c2ccc(F)cc2)C[C@]1(O)c1ccc(Cl)cc1. The van der Waals surface area contributed by atoms with E-state index < -0.39 is 17.4 Å². The topological polar surface area (TPSA) is 37.3 Å². The van der Waals surface area contributed by atoms with Crippen LogP contribution in [0.3, 0.4) is 0 Å². The lowest BCUT2D eigenvalue weighted by molar-refractivity contribution is -0.000252. The summed E-state index contributed by atoms with van der Waals surface area (Å²) in [5.41, 5.74) is 1.07.